The quantitative estimate of drug-likeness (QED) is 0.919. The molecule has 0 aromatic heterocycles. The lowest BCUT2D eigenvalue weighted by molar-refractivity contribution is 0.0268. The van der Waals surface area contributed by atoms with Gasteiger partial charge < -0.3 is 10.0 Å². The first kappa shape index (κ1) is 14.1. The number of fused-ring (bicyclic) bond motifs is 1. The lowest BCUT2D eigenvalue weighted by atomic mass is 9.91. The molecule has 21 heavy (non-hydrogen) atoms. The van der Waals surface area contributed by atoms with Gasteiger partial charge >= 0.3 is 0 Å². The second-order valence-electron chi connectivity index (χ2n) is 5.90. The molecular weight excluding hydrogens is 262 g/mol. The maximum absolute atomic E-state index is 12.6. The van der Waals surface area contributed by atoms with Crippen LogP contribution in [-0.2, 0) is 0 Å². The monoisotopic (exact) mass is 283 g/mol. The number of likely N-dealkylation sites (N-methyl/N-ethyl adjacent to an activating group) is 1. The summed E-state index contributed by atoms with van der Waals surface area (Å²) in [7, 11) is 1.80. The van der Waals surface area contributed by atoms with Crippen LogP contribution in [0.15, 0.2) is 42.5 Å². The van der Waals surface area contributed by atoms with Crippen LogP contribution in [0.2, 0.25) is 0 Å². The summed E-state index contributed by atoms with van der Waals surface area (Å²) in [4.78, 5) is 14.4. The number of hydrogen-bond acceptors (Lipinski definition) is 2. The van der Waals surface area contributed by atoms with E-state index in [0.717, 1.165) is 36.5 Å². The Morgan fingerprint density at radius 2 is 1.81 bits per heavy atom. The number of nitrogens with zero attached hydrogens (tertiary/aromatic N) is 1. The first-order valence-corrected chi connectivity index (χ1v) is 7.61. The zero-order valence-corrected chi connectivity index (χ0v) is 12.3. The van der Waals surface area contributed by atoms with Gasteiger partial charge in [0, 0.05) is 12.6 Å². The van der Waals surface area contributed by atoms with E-state index in [-0.39, 0.29) is 11.9 Å². The van der Waals surface area contributed by atoms with Crippen LogP contribution in [0, 0.1) is 0 Å². The van der Waals surface area contributed by atoms with Crippen LogP contribution in [0.1, 0.15) is 36.0 Å². The first-order valence-electron chi connectivity index (χ1n) is 7.61. The predicted molar refractivity (Wildman–Crippen MR) is 84.3 cm³/mol. The van der Waals surface area contributed by atoms with Crippen LogP contribution in [0.25, 0.3) is 10.8 Å². The third kappa shape index (κ3) is 2.79. The van der Waals surface area contributed by atoms with E-state index in [4.69, 9.17) is 0 Å². The molecule has 0 heterocycles. The van der Waals surface area contributed by atoms with Crippen LogP contribution >= 0.6 is 0 Å². The Bertz CT molecular complexity index is 652. The van der Waals surface area contributed by atoms with Gasteiger partial charge in [-0.15, -0.1) is 0 Å². The maximum atomic E-state index is 12.6. The van der Waals surface area contributed by atoms with E-state index in [9.17, 15) is 9.90 Å². The number of carbonyl (C=O) groups is 1. The largest absolute Gasteiger partial charge is 0.391 e. The summed E-state index contributed by atoms with van der Waals surface area (Å²) in [5.41, 5.74) is 0.689. The molecule has 0 saturated heterocycles. The molecule has 3 rings (SSSR count). The number of aliphatic hydroxyl groups excluding tert-OH is 1. The summed E-state index contributed by atoms with van der Waals surface area (Å²) < 4.78 is 0. The molecule has 1 N–H and O–H groups in total. The fourth-order valence-electron chi connectivity index (χ4n) is 3.22. The van der Waals surface area contributed by atoms with Gasteiger partial charge in [-0.25, -0.2) is 0 Å². The van der Waals surface area contributed by atoms with E-state index >= 15 is 0 Å². The fraction of sp³-hybridized carbons (Fsp3) is 0.389. The van der Waals surface area contributed by atoms with E-state index in [1.165, 1.54) is 0 Å². The Morgan fingerprint density at radius 1 is 1.10 bits per heavy atom. The van der Waals surface area contributed by atoms with Crippen LogP contribution in [0.5, 0.6) is 0 Å². The van der Waals surface area contributed by atoms with Gasteiger partial charge in [-0.05, 0) is 35.7 Å². The minimum Gasteiger partial charge on any atom is -0.391 e. The summed E-state index contributed by atoms with van der Waals surface area (Å²) in [5, 5.41) is 12.3. The van der Waals surface area contributed by atoms with Crippen molar-refractivity contribution in [3.63, 3.8) is 0 Å². The second-order valence-corrected chi connectivity index (χ2v) is 5.90. The van der Waals surface area contributed by atoms with Crippen LogP contribution in [0.4, 0.5) is 0 Å². The highest BCUT2D eigenvalue weighted by Gasteiger charge is 2.29. The average Bonchev–Trinajstić information content (AvgIpc) is 2.53. The van der Waals surface area contributed by atoms with E-state index in [1.807, 2.05) is 42.5 Å². The Labute approximate surface area is 125 Å². The third-order valence-corrected chi connectivity index (χ3v) is 4.51. The molecule has 1 aliphatic rings. The fourth-order valence-corrected chi connectivity index (χ4v) is 3.22. The third-order valence-electron chi connectivity index (χ3n) is 4.51. The molecule has 0 radical (unpaired) electrons. The molecule has 1 saturated carbocycles. The van der Waals surface area contributed by atoms with Gasteiger partial charge in [-0.2, -0.15) is 0 Å². The molecule has 1 amide bonds. The minimum absolute atomic E-state index is 0.00768. The lowest BCUT2D eigenvalue weighted by Gasteiger charge is -2.35. The molecule has 2 aromatic carbocycles. The number of rotatable bonds is 2. The second kappa shape index (κ2) is 5.86. The van der Waals surface area contributed by atoms with Crippen molar-refractivity contribution in [1.29, 1.82) is 0 Å². The maximum Gasteiger partial charge on any atom is 0.253 e. The normalized spacial score (nSPS) is 22.2. The van der Waals surface area contributed by atoms with Gasteiger partial charge in [0.25, 0.3) is 5.91 Å². The molecule has 3 heteroatoms. The van der Waals surface area contributed by atoms with E-state index in [1.54, 1.807) is 11.9 Å². The molecular formula is C18H21NO2. The smallest absolute Gasteiger partial charge is 0.253 e. The molecule has 0 bridgehead atoms. The van der Waals surface area contributed by atoms with Crippen molar-refractivity contribution in [2.24, 2.45) is 0 Å². The highest BCUT2D eigenvalue weighted by molar-refractivity contribution is 5.98. The number of amides is 1. The molecule has 2 aromatic rings. The van der Waals surface area contributed by atoms with Crippen molar-refractivity contribution in [1.82, 2.24) is 4.90 Å². The molecule has 3 nitrogen and oxygen atoms in total. The number of aliphatic hydroxyl groups is 1. The molecule has 1 aliphatic carbocycles. The van der Waals surface area contributed by atoms with Crippen LogP contribution < -0.4 is 0 Å². The summed E-state index contributed by atoms with van der Waals surface area (Å²) in [6.45, 7) is 0. The topological polar surface area (TPSA) is 40.5 Å². The Morgan fingerprint density at radius 3 is 2.57 bits per heavy atom. The number of carbonyl (C=O) groups excluding carboxylic acids is 1. The highest BCUT2D eigenvalue weighted by atomic mass is 16.3. The lowest BCUT2D eigenvalue weighted by Crippen LogP contribution is -2.46. The van der Waals surface area contributed by atoms with Gasteiger partial charge in [0.2, 0.25) is 0 Å². The molecule has 110 valence electrons. The highest BCUT2D eigenvalue weighted by Crippen LogP contribution is 2.24. The number of hydrogen-bond donors (Lipinski definition) is 1. The Balaban J connectivity index is 1.85. The average molecular weight is 283 g/mol. The summed E-state index contributed by atoms with van der Waals surface area (Å²) in [6.07, 6.45) is 3.41. The van der Waals surface area contributed by atoms with Crippen molar-refractivity contribution >= 4 is 16.7 Å². The number of benzene rings is 2. The van der Waals surface area contributed by atoms with Crippen molar-refractivity contribution in [3.05, 3.63) is 48.0 Å². The van der Waals surface area contributed by atoms with Crippen molar-refractivity contribution in [2.75, 3.05) is 7.05 Å². The van der Waals surface area contributed by atoms with Crippen LogP contribution in [0.3, 0.4) is 0 Å². The minimum atomic E-state index is -0.395. The van der Waals surface area contributed by atoms with Gasteiger partial charge in [-0.1, -0.05) is 43.2 Å². The Hall–Kier alpha value is -1.87. The summed E-state index contributed by atoms with van der Waals surface area (Å²) >= 11 is 0. The molecule has 1 fully saturated rings. The SMILES string of the molecule is CN(C(=O)c1ccc2ccccc2c1)C1CCCCC1O. The summed E-state index contributed by atoms with van der Waals surface area (Å²) in [5.74, 6) is -0.00768. The van der Waals surface area contributed by atoms with Crippen molar-refractivity contribution < 1.29 is 9.90 Å². The van der Waals surface area contributed by atoms with Crippen molar-refractivity contribution in [3.8, 4) is 0 Å². The molecule has 2 unspecified atom stereocenters. The standard InChI is InChI=1S/C18H21NO2/c1-19(16-8-4-5-9-17(16)20)18(21)15-11-10-13-6-2-3-7-14(13)12-15/h2-3,6-7,10-12,16-17,20H,4-5,8-9H2,1H3. The van der Waals surface area contributed by atoms with Gasteiger partial charge in [0.1, 0.15) is 0 Å². The van der Waals surface area contributed by atoms with Gasteiger partial charge in [0.15, 0.2) is 0 Å². The summed E-state index contributed by atoms with van der Waals surface area (Å²) in [6, 6.07) is 13.8. The van der Waals surface area contributed by atoms with E-state index < -0.39 is 6.10 Å². The molecule has 0 aliphatic heterocycles. The zero-order valence-electron chi connectivity index (χ0n) is 12.3. The molecule has 2 atom stereocenters. The van der Waals surface area contributed by atoms with Crippen LogP contribution in [-0.4, -0.2) is 35.1 Å². The molecule has 0 spiro atoms. The first-order chi connectivity index (χ1) is 10.2. The zero-order chi connectivity index (χ0) is 14.8. The van der Waals surface area contributed by atoms with Crippen molar-refractivity contribution in [2.45, 2.75) is 37.8 Å². The van der Waals surface area contributed by atoms with E-state index in [2.05, 4.69) is 0 Å². The van der Waals surface area contributed by atoms with E-state index in [0.29, 0.717) is 5.56 Å². The predicted octanol–water partition coefficient (Wildman–Crippen LogP) is 3.22. The Kier molecular flexibility index (Phi) is 3.93. The van der Waals surface area contributed by atoms with Gasteiger partial charge in [-0.3, -0.25) is 4.79 Å². The van der Waals surface area contributed by atoms with Gasteiger partial charge in [0.05, 0.1) is 12.1 Å².